The van der Waals surface area contributed by atoms with Crippen LogP contribution in [0.4, 0.5) is 5.00 Å². The van der Waals surface area contributed by atoms with Crippen molar-refractivity contribution < 1.29 is 14.3 Å². The highest BCUT2D eigenvalue weighted by atomic mass is 32.2. The van der Waals surface area contributed by atoms with E-state index in [0.717, 1.165) is 29.1 Å². The van der Waals surface area contributed by atoms with Gasteiger partial charge in [0.1, 0.15) is 10.8 Å². The molecule has 1 saturated carbocycles. The van der Waals surface area contributed by atoms with Crippen LogP contribution in [0.25, 0.3) is 10.4 Å². The molecule has 2 heterocycles. The van der Waals surface area contributed by atoms with Gasteiger partial charge in [-0.1, -0.05) is 67.4 Å². The highest BCUT2D eigenvalue weighted by Crippen LogP contribution is 2.36. The zero-order valence-corrected chi connectivity index (χ0v) is 21.5. The molecule has 0 unspecified atom stereocenters. The smallest absolute Gasteiger partial charge is 0.341 e. The van der Waals surface area contributed by atoms with Crippen molar-refractivity contribution in [1.82, 2.24) is 14.8 Å². The summed E-state index contributed by atoms with van der Waals surface area (Å²) in [6, 6.07) is 11.5. The van der Waals surface area contributed by atoms with Crippen LogP contribution in [0.2, 0.25) is 0 Å². The van der Waals surface area contributed by atoms with Crippen molar-refractivity contribution in [2.75, 3.05) is 17.7 Å². The Hall–Kier alpha value is -2.91. The molecule has 0 saturated heterocycles. The summed E-state index contributed by atoms with van der Waals surface area (Å²) in [7, 11) is 0. The van der Waals surface area contributed by atoms with Crippen molar-refractivity contribution in [3.05, 3.63) is 60.4 Å². The van der Waals surface area contributed by atoms with Gasteiger partial charge in [-0.3, -0.25) is 4.79 Å². The van der Waals surface area contributed by atoms with Crippen LogP contribution in [0.1, 0.15) is 61.1 Å². The molecule has 184 valence electrons. The molecule has 35 heavy (non-hydrogen) atoms. The van der Waals surface area contributed by atoms with Gasteiger partial charge in [-0.2, -0.15) is 0 Å². The summed E-state index contributed by atoms with van der Waals surface area (Å²) in [5.74, 6) is 0.892. The molecular weight excluding hydrogens is 480 g/mol. The standard InChI is InChI=1S/C26H30N4O3S2/c1-3-15-30-23(19-13-9-6-10-14-19)28-29-26(30)34-17-22(31)27-24-20(25(32)33-4-2)16-21(35-24)18-11-7-5-8-12-18/h3,5,7-8,11-12,16,19H,1,4,6,9-10,13-15,17H2,2H3,(H,27,31). The number of thiophene rings is 1. The van der Waals surface area contributed by atoms with Gasteiger partial charge in [-0.15, -0.1) is 28.1 Å². The van der Waals surface area contributed by atoms with Gasteiger partial charge >= 0.3 is 5.97 Å². The van der Waals surface area contributed by atoms with Crippen LogP contribution in [0.15, 0.2) is 54.2 Å². The third-order valence-electron chi connectivity index (χ3n) is 5.90. The van der Waals surface area contributed by atoms with Crippen LogP contribution in [0.5, 0.6) is 0 Å². The molecule has 1 amide bonds. The number of rotatable bonds is 10. The van der Waals surface area contributed by atoms with E-state index in [2.05, 4.69) is 26.7 Å². The van der Waals surface area contributed by atoms with Gasteiger partial charge < -0.3 is 14.6 Å². The third kappa shape index (κ3) is 6.21. The number of nitrogens with zero attached hydrogens (tertiary/aromatic N) is 3. The SMILES string of the molecule is C=CCn1c(SCC(=O)Nc2sc(-c3ccccc3)cc2C(=O)OCC)nnc1C1CCCCC1. The van der Waals surface area contributed by atoms with Gasteiger partial charge in [0.25, 0.3) is 0 Å². The van der Waals surface area contributed by atoms with E-state index in [4.69, 9.17) is 4.74 Å². The molecule has 1 aliphatic carbocycles. The first kappa shape index (κ1) is 25.2. The first-order valence-electron chi connectivity index (χ1n) is 11.9. The van der Waals surface area contributed by atoms with Crippen molar-refractivity contribution in [2.24, 2.45) is 0 Å². The van der Waals surface area contributed by atoms with Crippen LogP contribution in [-0.2, 0) is 16.1 Å². The summed E-state index contributed by atoms with van der Waals surface area (Å²) in [6.07, 6.45) is 7.78. The molecule has 1 aliphatic rings. The number of amides is 1. The number of thioether (sulfide) groups is 1. The summed E-state index contributed by atoms with van der Waals surface area (Å²) < 4.78 is 7.28. The van der Waals surface area contributed by atoms with Gasteiger partial charge in [0.15, 0.2) is 5.16 Å². The Morgan fingerprint density at radius 2 is 2.00 bits per heavy atom. The fourth-order valence-electron chi connectivity index (χ4n) is 4.25. The first-order valence-corrected chi connectivity index (χ1v) is 13.7. The van der Waals surface area contributed by atoms with Gasteiger partial charge in [0, 0.05) is 17.3 Å². The minimum atomic E-state index is -0.447. The number of carbonyl (C=O) groups is 2. The number of nitrogens with one attached hydrogen (secondary N) is 1. The first-order chi connectivity index (χ1) is 17.1. The minimum absolute atomic E-state index is 0.154. The van der Waals surface area contributed by atoms with Gasteiger partial charge in [0.05, 0.1) is 17.9 Å². The van der Waals surface area contributed by atoms with Gasteiger partial charge in [-0.25, -0.2) is 4.79 Å². The fourth-order valence-corrected chi connectivity index (χ4v) is 6.07. The maximum Gasteiger partial charge on any atom is 0.341 e. The Bertz CT molecular complexity index is 1170. The van der Waals surface area contributed by atoms with E-state index in [1.54, 1.807) is 13.0 Å². The van der Waals surface area contributed by atoms with Crippen LogP contribution in [0, 0.1) is 0 Å². The lowest BCUT2D eigenvalue weighted by Crippen LogP contribution is -2.17. The number of aromatic nitrogens is 3. The summed E-state index contributed by atoms with van der Waals surface area (Å²) in [4.78, 5) is 26.3. The molecule has 0 bridgehead atoms. The Labute approximate surface area is 214 Å². The monoisotopic (exact) mass is 510 g/mol. The number of anilines is 1. The number of hydrogen-bond acceptors (Lipinski definition) is 7. The Morgan fingerprint density at radius 1 is 1.23 bits per heavy atom. The molecule has 4 rings (SSSR count). The molecule has 1 N–H and O–H groups in total. The van der Waals surface area contributed by atoms with E-state index in [1.165, 1.54) is 42.4 Å². The number of esters is 1. The molecule has 2 aromatic heterocycles. The second-order valence-corrected chi connectivity index (χ2v) is 10.3. The Balaban J connectivity index is 1.47. The lowest BCUT2D eigenvalue weighted by atomic mass is 9.89. The number of hydrogen-bond donors (Lipinski definition) is 1. The molecule has 0 aliphatic heterocycles. The van der Waals surface area contributed by atoms with Gasteiger partial charge in [-0.05, 0) is 31.4 Å². The summed E-state index contributed by atoms with van der Waals surface area (Å²) in [5.41, 5.74) is 1.34. The number of carbonyl (C=O) groups excluding carboxylic acids is 2. The van der Waals surface area contributed by atoms with Crippen molar-refractivity contribution in [3.63, 3.8) is 0 Å². The average molecular weight is 511 g/mol. The zero-order valence-electron chi connectivity index (χ0n) is 19.9. The van der Waals surface area contributed by atoms with E-state index in [-0.39, 0.29) is 18.3 Å². The normalized spacial score (nSPS) is 14.0. The lowest BCUT2D eigenvalue weighted by molar-refractivity contribution is -0.113. The van der Waals surface area contributed by atoms with Crippen molar-refractivity contribution in [1.29, 1.82) is 0 Å². The Kier molecular flexibility index (Phi) is 8.76. The van der Waals surface area contributed by atoms with E-state index < -0.39 is 5.97 Å². The van der Waals surface area contributed by atoms with E-state index in [0.29, 0.717) is 28.2 Å². The van der Waals surface area contributed by atoms with Crippen molar-refractivity contribution >= 4 is 40.0 Å². The van der Waals surface area contributed by atoms with Crippen molar-refractivity contribution in [3.8, 4) is 10.4 Å². The van der Waals surface area contributed by atoms with E-state index in [9.17, 15) is 9.59 Å². The number of ether oxygens (including phenoxy) is 1. The van der Waals surface area contributed by atoms with Gasteiger partial charge in [0.2, 0.25) is 5.91 Å². The number of allylic oxidation sites excluding steroid dienone is 1. The highest BCUT2D eigenvalue weighted by molar-refractivity contribution is 7.99. The molecule has 0 radical (unpaired) electrons. The molecule has 0 spiro atoms. The predicted octanol–water partition coefficient (Wildman–Crippen LogP) is 6.15. The second-order valence-electron chi connectivity index (χ2n) is 8.35. The van der Waals surface area contributed by atoms with E-state index >= 15 is 0 Å². The largest absolute Gasteiger partial charge is 0.462 e. The zero-order chi connectivity index (χ0) is 24.6. The molecule has 0 atom stereocenters. The van der Waals surface area contributed by atoms with Crippen LogP contribution >= 0.6 is 23.1 Å². The highest BCUT2D eigenvalue weighted by Gasteiger charge is 2.24. The maximum atomic E-state index is 12.9. The van der Waals surface area contributed by atoms with Crippen LogP contribution in [-0.4, -0.2) is 39.0 Å². The summed E-state index contributed by atoms with van der Waals surface area (Å²) in [6.45, 7) is 6.51. The molecule has 3 aromatic rings. The topological polar surface area (TPSA) is 86.1 Å². The fraction of sp³-hybridized carbons (Fsp3) is 0.385. The minimum Gasteiger partial charge on any atom is -0.462 e. The van der Waals surface area contributed by atoms with Crippen LogP contribution in [0.3, 0.4) is 0 Å². The van der Waals surface area contributed by atoms with E-state index in [1.807, 2.05) is 36.4 Å². The summed E-state index contributed by atoms with van der Waals surface area (Å²) >= 11 is 2.71. The maximum absolute atomic E-state index is 12.9. The average Bonchev–Trinajstić information content (AvgIpc) is 3.48. The Morgan fingerprint density at radius 3 is 2.71 bits per heavy atom. The molecule has 1 aromatic carbocycles. The predicted molar refractivity (Wildman–Crippen MR) is 141 cm³/mol. The molecule has 1 fully saturated rings. The number of benzene rings is 1. The molecule has 7 nitrogen and oxygen atoms in total. The second kappa shape index (κ2) is 12.2. The molecule has 9 heteroatoms. The summed E-state index contributed by atoms with van der Waals surface area (Å²) in [5, 5.41) is 13.0. The van der Waals surface area contributed by atoms with Crippen molar-refractivity contribution in [2.45, 2.75) is 56.6 Å². The molecular formula is C26H30N4O3S2. The third-order valence-corrected chi connectivity index (χ3v) is 7.96. The van der Waals surface area contributed by atoms with Crippen LogP contribution < -0.4 is 5.32 Å². The lowest BCUT2D eigenvalue weighted by Gasteiger charge is -2.21. The quantitative estimate of drug-likeness (QED) is 0.200.